The van der Waals surface area contributed by atoms with Gasteiger partial charge in [-0.2, -0.15) is 0 Å². The molecule has 0 saturated carbocycles. The number of hydroxylamine groups is 1. The predicted molar refractivity (Wildman–Crippen MR) is 50.4 cm³/mol. The van der Waals surface area contributed by atoms with Crippen molar-refractivity contribution in [2.24, 2.45) is 0 Å². The first-order valence-electron chi connectivity index (χ1n) is 3.25. The molecule has 13 heavy (non-hydrogen) atoms. The Morgan fingerprint density at radius 3 is 2.77 bits per heavy atom. The number of nitrogens with one attached hydrogen (secondary N) is 1. The summed E-state index contributed by atoms with van der Waals surface area (Å²) in [6.07, 6.45) is 3.18. The summed E-state index contributed by atoms with van der Waals surface area (Å²) in [5, 5.41) is 8.69. The molecule has 0 aromatic carbocycles. The normalized spacial score (nSPS) is 9.69. The number of carbonyl (C=O) groups excluding carboxylic acids is 1. The zero-order valence-electron chi connectivity index (χ0n) is 6.40. The lowest BCUT2D eigenvalue weighted by atomic mass is 10.7. The summed E-state index contributed by atoms with van der Waals surface area (Å²) in [7, 11) is 0. The van der Waals surface area contributed by atoms with Gasteiger partial charge in [-0.15, -0.1) is 0 Å². The van der Waals surface area contributed by atoms with Crippen LogP contribution in [0.1, 0.15) is 0 Å². The van der Waals surface area contributed by atoms with E-state index in [4.69, 9.17) is 5.21 Å². The van der Waals surface area contributed by atoms with Crippen molar-refractivity contribution in [1.29, 1.82) is 0 Å². The van der Waals surface area contributed by atoms with Crippen LogP contribution in [0.2, 0.25) is 0 Å². The van der Waals surface area contributed by atoms with Gasteiger partial charge in [-0.1, -0.05) is 11.8 Å². The first kappa shape index (κ1) is 10.4. The fourth-order valence-electron chi connectivity index (χ4n) is 0.537. The minimum absolute atomic E-state index is 0.0954. The lowest BCUT2D eigenvalue weighted by molar-refractivity contribution is -0.126. The molecule has 1 rings (SSSR count). The van der Waals surface area contributed by atoms with Gasteiger partial charge in [0.1, 0.15) is 0 Å². The highest BCUT2D eigenvalue weighted by atomic mass is 79.9. The van der Waals surface area contributed by atoms with E-state index in [2.05, 4.69) is 25.9 Å². The second-order valence-corrected chi connectivity index (χ2v) is 3.87. The van der Waals surface area contributed by atoms with Gasteiger partial charge < -0.3 is 0 Å². The molecule has 7 heteroatoms. The number of hydrogen-bond acceptors (Lipinski definition) is 5. The summed E-state index contributed by atoms with van der Waals surface area (Å²) in [5.74, 6) is -0.380. The van der Waals surface area contributed by atoms with Crippen molar-refractivity contribution in [3.63, 3.8) is 0 Å². The minimum Gasteiger partial charge on any atom is -0.289 e. The Kier molecular flexibility index (Phi) is 4.13. The fraction of sp³-hybridized carbons (Fsp3) is 0.167. The zero-order valence-corrected chi connectivity index (χ0v) is 8.80. The van der Waals surface area contributed by atoms with E-state index in [1.165, 1.54) is 5.48 Å². The van der Waals surface area contributed by atoms with Gasteiger partial charge in [-0.3, -0.25) is 10.0 Å². The monoisotopic (exact) mass is 263 g/mol. The fourth-order valence-corrected chi connectivity index (χ4v) is 1.32. The smallest absolute Gasteiger partial charge is 0.253 e. The van der Waals surface area contributed by atoms with Gasteiger partial charge in [0.25, 0.3) is 5.91 Å². The molecule has 1 amide bonds. The first-order valence-corrected chi connectivity index (χ1v) is 5.03. The van der Waals surface area contributed by atoms with Crippen LogP contribution in [0.3, 0.4) is 0 Å². The molecule has 2 N–H and O–H groups in total. The van der Waals surface area contributed by atoms with E-state index < -0.39 is 5.91 Å². The van der Waals surface area contributed by atoms with Crippen LogP contribution in [-0.2, 0) is 4.79 Å². The summed E-state index contributed by atoms with van der Waals surface area (Å²) in [6.45, 7) is 0. The van der Waals surface area contributed by atoms with Crippen LogP contribution in [0.5, 0.6) is 0 Å². The Morgan fingerprint density at radius 2 is 2.23 bits per heavy atom. The quantitative estimate of drug-likeness (QED) is 0.366. The van der Waals surface area contributed by atoms with Gasteiger partial charge in [0.05, 0.1) is 10.2 Å². The third kappa shape index (κ3) is 3.71. The van der Waals surface area contributed by atoms with Gasteiger partial charge in [0.2, 0.25) is 0 Å². The maximum atomic E-state index is 10.6. The van der Waals surface area contributed by atoms with E-state index >= 15 is 0 Å². The van der Waals surface area contributed by atoms with Crippen LogP contribution in [0.4, 0.5) is 0 Å². The SMILES string of the molecule is O=C(CSc1ncc(Br)cn1)NO. The number of halogens is 1. The van der Waals surface area contributed by atoms with Gasteiger partial charge in [0.15, 0.2) is 5.16 Å². The summed E-state index contributed by atoms with van der Waals surface area (Å²) >= 11 is 4.33. The third-order valence-corrected chi connectivity index (χ3v) is 2.34. The van der Waals surface area contributed by atoms with Crippen LogP contribution in [0.25, 0.3) is 0 Å². The lowest BCUT2D eigenvalue weighted by Crippen LogP contribution is -2.20. The Labute approximate surface area is 87.1 Å². The number of thioether (sulfide) groups is 1. The molecule has 1 aromatic rings. The van der Waals surface area contributed by atoms with E-state index in [1.807, 2.05) is 0 Å². The van der Waals surface area contributed by atoms with Crippen LogP contribution >= 0.6 is 27.7 Å². The van der Waals surface area contributed by atoms with Crippen molar-refractivity contribution >= 4 is 33.6 Å². The Bertz CT molecular complexity index is 292. The zero-order chi connectivity index (χ0) is 9.68. The molecule has 0 spiro atoms. The summed E-state index contributed by atoms with van der Waals surface area (Å²) in [4.78, 5) is 18.5. The van der Waals surface area contributed by atoms with E-state index in [1.54, 1.807) is 12.4 Å². The minimum atomic E-state index is -0.475. The standard InChI is InChI=1S/C6H6BrN3O2S/c7-4-1-8-6(9-2-4)13-3-5(11)10-12/h1-2,12H,3H2,(H,10,11). The van der Waals surface area contributed by atoms with Crippen molar-refractivity contribution in [2.75, 3.05) is 5.75 Å². The van der Waals surface area contributed by atoms with Gasteiger partial charge >= 0.3 is 0 Å². The van der Waals surface area contributed by atoms with Crippen molar-refractivity contribution in [3.8, 4) is 0 Å². The average Bonchev–Trinajstić information content (AvgIpc) is 2.16. The summed E-state index contributed by atoms with van der Waals surface area (Å²) in [6, 6.07) is 0. The van der Waals surface area contributed by atoms with Crippen molar-refractivity contribution in [3.05, 3.63) is 16.9 Å². The maximum Gasteiger partial charge on any atom is 0.253 e. The van der Waals surface area contributed by atoms with Crippen LogP contribution in [0.15, 0.2) is 22.0 Å². The van der Waals surface area contributed by atoms with Crippen LogP contribution in [-0.4, -0.2) is 26.8 Å². The lowest BCUT2D eigenvalue weighted by Gasteiger charge is -1.97. The van der Waals surface area contributed by atoms with Crippen molar-refractivity contribution in [2.45, 2.75) is 5.16 Å². The van der Waals surface area contributed by atoms with Crippen LogP contribution < -0.4 is 5.48 Å². The second-order valence-electron chi connectivity index (χ2n) is 2.01. The molecule has 0 aliphatic heterocycles. The van der Waals surface area contributed by atoms with Crippen LogP contribution in [0, 0.1) is 0 Å². The number of nitrogens with zero attached hydrogens (tertiary/aromatic N) is 2. The highest BCUT2D eigenvalue weighted by Crippen LogP contribution is 2.13. The summed E-state index contributed by atoms with van der Waals surface area (Å²) in [5.41, 5.74) is 1.52. The molecule has 0 aliphatic carbocycles. The number of aromatic nitrogens is 2. The molecule has 0 unspecified atom stereocenters. The highest BCUT2D eigenvalue weighted by Gasteiger charge is 2.02. The van der Waals surface area contributed by atoms with Gasteiger partial charge in [-0.05, 0) is 15.9 Å². The topological polar surface area (TPSA) is 75.1 Å². The van der Waals surface area contributed by atoms with Crippen molar-refractivity contribution < 1.29 is 10.0 Å². The molecule has 0 bridgehead atoms. The number of hydrogen-bond donors (Lipinski definition) is 2. The Morgan fingerprint density at radius 1 is 1.62 bits per heavy atom. The molecule has 0 radical (unpaired) electrons. The molecular formula is C6H6BrN3O2S. The molecule has 0 fully saturated rings. The van der Waals surface area contributed by atoms with Crippen molar-refractivity contribution in [1.82, 2.24) is 15.4 Å². The number of amides is 1. The molecule has 5 nitrogen and oxygen atoms in total. The second kappa shape index (κ2) is 5.15. The van der Waals surface area contributed by atoms with Gasteiger partial charge in [-0.25, -0.2) is 15.4 Å². The Hall–Kier alpha value is -0.660. The molecule has 1 aromatic heterocycles. The van der Waals surface area contributed by atoms with Gasteiger partial charge in [0, 0.05) is 12.4 Å². The van der Waals surface area contributed by atoms with E-state index in [-0.39, 0.29) is 5.75 Å². The Balaban J connectivity index is 2.46. The largest absolute Gasteiger partial charge is 0.289 e. The molecular weight excluding hydrogens is 258 g/mol. The molecule has 0 saturated heterocycles. The predicted octanol–water partition coefficient (Wildman–Crippen LogP) is 0.837. The third-order valence-electron chi connectivity index (χ3n) is 1.05. The molecule has 1 heterocycles. The molecule has 0 aliphatic rings. The summed E-state index contributed by atoms with van der Waals surface area (Å²) < 4.78 is 0.781. The van der Waals surface area contributed by atoms with E-state index in [9.17, 15) is 4.79 Å². The first-order chi connectivity index (χ1) is 6.22. The van der Waals surface area contributed by atoms with E-state index in [0.29, 0.717) is 5.16 Å². The molecule has 70 valence electrons. The van der Waals surface area contributed by atoms with E-state index in [0.717, 1.165) is 16.2 Å². The maximum absolute atomic E-state index is 10.6. The number of rotatable bonds is 3. The number of carbonyl (C=O) groups is 1. The highest BCUT2D eigenvalue weighted by molar-refractivity contribution is 9.10. The average molecular weight is 264 g/mol. The molecule has 0 atom stereocenters.